The molecular formula is C29H23ClF4N2O6S. The molecule has 1 N–H and O–H groups in total. The van der Waals surface area contributed by atoms with Crippen LogP contribution in [0.4, 0.5) is 28.0 Å². The number of thioether (sulfide) groups is 1. The first-order valence-electron chi connectivity index (χ1n) is 12.5. The standard InChI is InChI=1S/C29H23ClF4N2O6S/c1-3-41-23-11-17(10-20(30)26(23)42-15-16-4-7-19(31)8-5-16)12-24-27(38)36(28(39)43-24)14-25(37)35-21-13-18(29(32,33)34)6-9-22(21)40-2/h4-13H,3,14-15H2,1-2H3,(H,35,37)/b24-12-. The van der Waals surface area contributed by atoms with Gasteiger partial charge in [-0.15, -0.1) is 0 Å². The van der Waals surface area contributed by atoms with Crippen LogP contribution in [-0.2, 0) is 22.4 Å². The van der Waals surface area contributed by atoms with Crippen LogP contribution in [0.1, 0.15) is 23.6 Å². The van der Waals surface area contributed by atoms with Crippen molar-refractivity contribution in [3.05, 3.63) is 87.0 Å². The SMILES string of the molecule is CCOc1cc(/C=C2\SC(=O)N(CC(=O)Nc3cc(C(F)(F)F)ccc3OC)C2=O)cc(Cl)c1OCc1ccc(F)cc1. The van der Waals surface area contributed by atoms with Crippen LogP contribution in [0, 0.1) is 5.82 Å². The first kappa shape index (κ1) is 31.7. The number of amides is 3. The molecule has 14 heteroatoms. The van der Waals surface area contributed by atoms with Gasteiger partial charge in [-0.1, -0.05) is 23.7 Å². The zero-order valence-electron chi connectivity index (χ0n) is 22.6. The molecule has 0 aliphatic carbocycles. The van der Waals surface area contributed by atoms with Crippen LogP contribution >= 0.6 is 23.4 Å². The highest BCUT2D eigenvalue weighted by Crippen LogP contribution is 2.40. The lowest BCUT2D eigenvalue weighted by atomic mass is 10.1. The number of ether oxygens (including phenoxy) is 3. The first-order chi connectivity index (χ1) is 20.4. The summed E-state index contributed by atoms with van der Waals surface area (Å²) in [4.78, 5) is 38.9. The predicted molar refractivity (Wildman–Crippen MR) is 153 cm³/mol. The van der Waals surface area contributed by atoms with Crippen molar-refractivity contribution in [2.24, 2.45) is 0 Å². The van der Waals surface area contributed by atoms with Crippen LogP contribution in [0.15, 0.2) is 59.5 Å². The maximum Gasteiger partial charge on any atom is 0.416 e. The van der Waals surface area contributed by atoms with Crippen molar-refractivity contribution in [2.45, 2.75) is 19.7 Å². The highest BCUT2D eigenvalue weighted by molar-refractivity contribution is 8.18. The van der Waals surface area contributed by atoms with Gasteiger partial charge in [0.15, 0.2) is 11.5 Å². The molecule has 0 aromatic heterocycles. The minimum Gasteiger partial charge on any atom is -0.495 e. The number of nitrogens with zero attached hydrogens (tertiary/aromatic N) is 1. The lowest BCUT2D eigenvalue weighted by Gasteiger charge is -2.16. The summed E-state index contributed by atoms with van der Waals surface area (Å²) in [6.07, 6.45) is -3.28. The fourth-order valence-corrected chi connectivity index (χ4v) is 5.03. The highest BCUT2D eigenvalue weighted by Gasteiger charge is 2.37. The van der Waals surface area contributed by atoms with Gasteiger partial charge in [0.2, 0.25) is 5.91 Å². The van der Waals surface area contributed by atoms with E-state index >= 15 is 0 Å². The van der Waals surface area contributed by atoms with E-state index in [1.807, 2.05) is 0 Å². The molecule has 1 saturated heterocycles. The van der Waals surface area contributed by atoms with Crippen LogP contribution in [0.3, 0.4) is 0 Å². The van der Waals surface area contributed by atoms with Crippen LogP contribution in [-0.4, -0.2) is 42.2 Å². The van der Waals surface area contributed by atoms with E-state index in [1.54, 1.807) is 25.1 Å². The predicted octanol–water partition coefficient (Wildman–Crippen LogP) is 7.16. The summed E-state index contributed by atoms with van der Waals surface area (Å²) in [5.74, 6) is -1.64. The number of carbonyl (C=O) groups excluding carboxylic acids is 3. The fraction of sp³-hybridized carbons (Fsp3) is 0.207. The molecule has 4 rings (SSSR count). The quantitative estimate of drug-likeness (QED) is 0.186. The smallest absolute Gasteiger partial charge is 0.416 e. The van der Waals surface area contributed by atoms with Gasteiger partial charge in [0, 0.05) is 0 Å². The lowest BCUT2D eigenvalue weighted by molar-refractivity contribution is -0.137. The molecule has 1 heterocycles. The third-order valence-corrected chi connectivity index (χ3v) is 7.09. The van der Waals surface area contributed by atoms with Crippen molar-refractivity contribution in [1.82, 2.24) is 4.90 Å². The minimum atomic E-state index is -4.67. The van der Waals surface area contributed by atoms with E-state index in [0.717, 1.165) is 12.1 Å². The van der Waals surface area contributed by atoms with E-state index in [4.69, 9.17) is 25.8 Å². The second kappa shape index (κ2) is 13.4. The summed E-state index contributed by atoms with van der Waals surface area (Å²) in [5.41, 5.74) is -0.209. The molecule has 0 radical (unpaired) electrons. The zero-order chi connectivity index (χ0) is 31.3. The number of alkyl halides is 3. The Morgan fingerprint density at radius 2 is 1.77 bits per heavy atom. The Bertz CT molecular complexity index is 1580. The summed E-state index contributed by atoms with van der Waals surface area (Å²) in [6, 6.07) is 11.3. The molecule has 0 unspecified atom stereocenters. The van der Waals surface area contributed by atoms with Gasteiger partial charge in [0.05, 0.1) is 34.9 Å². The first-order valence-corrected chi connectivity index (χ1v) is 13.7. The number of benzene rings is 3. The van der Waals surface area contributed by atoms with Crippen molar-refractivity contribution < 1.29 is 46.2 Å². The second-order valence-electron chi connectivity index (χ2n) is 8.91. The molecule has 8 nitrogen and oxygen atoms in total. The largest absolute Gasteiger partial charge is 0.495 e. The second-order valence-corrected chi connectivity index (χ2v) is 10.3. The van der Waals surface area contributed by atoms with Gasteiger partial charge in [-0.3, -0.25) is 19.3 Å². The van der Waals surface area contributed by atoms with E-state index in [0.29, 0.717) is 33.9 Å². The van der Waals surface area contributed by atoms with Crippen molar-refractivity contribution in [1.29, 1.82) is 0 Å². The number of rotatable bonds is 10. The molecule has 0 spiro atoms. The molecule has 1 aliphatic rings. The third-order valence-electron chi connectivity index (χ3n) is 5.90. The number of nitrogens with one attached hydrogen (secondary N) is 1. The normalized spacial score (nSPS) is 14.3. The van der Waals surface area contributed by atoms with Crippen molar-refractivity contribution in [2.75, 3.05) is 25.6 Å². The Hall–Kier alpha value is -4.23. The average Bonchev–Trinajstić information content (AvgIpc) is 3.20. The minimum absolute atomic E-state index is 0.0204. The Labute approximate surface area is 252 Å². The molecule has 0 bridgehead atoms. The fourth-order valence-electron chi connectivity index (χ4n) is 3.91. The van der Waals surface area contributed by atoms with Crippen LogP contribution in [0.2, 0.25) is 5.02 Å². The summed E-state index contributed by atoms with van der Waals surface area (Å²) in [5, 5.41) is 1.66. The summed E-state index contributed by atoms with van der Waals surface area (Å²) >= 11 is 7.03. The molecule has 3 amide bonds. The van der Waals surface area contributed by atoms with E-state index in [1.165, 1.54) is 31.4 Å². The summed E-state index contributed by atoms with van der Waals surface area (Å²) < 4.78 is 69.1. The number of imide groups is 1. The number of hydrogen-bond acceptors (Lipinski definition) is 7. The monoisotopic (exact) mass is 638 g/mol. The molecule has 3 aromatic carbocycles. The van der Waals surface area contributed by atoms with Crippen LogP contribution in [0.5, 0.6) is 17.2 Å². The number of halogens is 5. The third kappa shape index (κ3) is 7.79. The highest BCUT2D eigenvalue weighted by atomic mass is 35.5. The van der Waals surface area contributed by atoms with Gasteiger partial charge >= 0.3 is 6.18 Å². The number of anilines is 1. The molecule has 0 saturated carbocycles. The van der Waals surface area contributed by atoms with Gasteiger partial charge in [0.1, 0.15) is 24.7 Å². The topological polar surface area (TPSA) is 94.2 Å². The molecule has 226 valence electrons. The van der Waals surface area contributed by atoms with Gasteiger partial charge in [0.25, 0.3) is 11.1 Å². The average molecular weight is 639 g/mol. The van der Waals surface area contributed by atoms with Crippen LogP contribution in [0.25, 0.3) is 6.08 Å². The van der Waals surface area contributed by atoms with Gasteiger partial charge in [-0.25, -0.2) is 4.39 Å². The van der Waals surface area contributed by atoms with E-state index in [9.17, 15) is 31.9 Å². The summed E-state index contributed by atoms with van der Waals surface area (Å²) in [7, 11) is 1.22. The zero-order valence-corrected chi connectivity index (χ0v) is 24.2. The van der Waals surface area contributed by atoms with Crippen molar-refractivity contribution >= 4 is 52.2 Å². The number of hydrogen-bond donors (Lipinski definition) is 1. The Kier molecular flexibility index (Phi) is 9.87. The molecule has 0 atom stereocenters. The van der Waals surface area contributed by atoms with Gasteiger partial charge in [-0.2, -0.15) is 13.2 Å². The van der Waals surface area contributed by atoms with Gasteiger partial charge < -0.3 is 19.5 Å². The molecule has 3 aromatic rings. The Morgan fingerprint density at radius 1 is 1.05 bits per heavy atom. The number of methoxy groups -OCH3 is 1. The molecule has 1 aliphatic heterocycles. The van der Waals surface area contributed by atoms with Crippen molar-refractivity contribution in [3.8, 4) is 17.2 Å². The van der Waals surface area contributed by atoms with E-state index < -0.39 is 35.3 Å². The summed E-state index contributed by atoms with van der Waals surface area (Å²) in [6.45, 7) is 1.33. The maximum absolute atomic E-state index is 13.2. The Balaban J connectivity index is 1.49. The Morgan fingerprint density at radius 3 is 2.42 bits per heavy atom. The maximum atomic E-state index is 13.2. The molecule has 1 fully saturated rings. The molecular weight excluding hydrogens is 616 g/mol. The van der Waals surface area contributed by atoms with Gasteiger partial charge in [-0.05, 0) is 78.4 Å². The van der Waals surface area contributed by atoms with E-state index in [-0.39, 0.29) is 51.9 Å². The van der Waals surface area contributed by atoms with Crippen molar-refractivity contribution in [3.63, 3.8) is 0 Å². The lowest BCUT2D eigenvalue weighted by Crippen LogP contribution is -2.36. The van der Waals surface area contributed by atoms with E-state index in [2.05, 4.69) is 5.32 Å². The van der Waals surface area contributed by atoms with Crippen LogP contribution < -0.4 is 19.5 Å². The molecule has 43 heavy (non-hydrogen) atoms. The number of carbonyl (C=O) groups is 3.